The predicted octanol–water partition coefficient (Wildman–Crippen LogP) is 5.08. The van der Waals surface area contributed by atoms with Crippen LogP contribution in [-0.2, 0) is 0 Å². The van der Waals surface area contributed by atoms with E-state index in [1.165, 1.54) is 44.3 Å². The van der Waals surface area contributed by atoms with Gasteiger partial charge >= 0.3 is 0 Å². The summed E-state index contributed by atoms with van der Waals surface area (Å²) in [5.74, 6) is 1.62. The molecular weight excluding hydrogens is 206 g/mol. The number of nitrogens with zero attached hydrogens (tertiary/aromatic N) is 1. The summed E-state index contributed by atoms with van der Waals surface area (Å²) in [7, 11) is 2.24. The SMILES string of the molecule is C/C=C(/CC(C)C)N(C)CCCCCC(C)C. The maximum absolute atomic E-state index is 2.44. The van der Waals surface area contributed by atoms with Crippen LogP contribution in [0, 0.1) is 11.8 Å². The molecule has 0 unspecified atom stereocenters. The number of hydrogen-bond donors (Lipinski definition) is 0. The molecule has 0 aliphatic heterocycles. The summed E-state index contributed by atoms with van der Waals surface area (Å²) in [6.07, 6.45) is 8.96. The monoisotopic (exact) mass is 239 g/mol. The smallest absolute Gasteiger partial charge is 0.0171 e. The van der Waals surface area contributed by atoms with Crippen LogP contribution in [0.1, 0.15) is 66.7 Å². The molecule has 0 heterocycles. The molecule has 0 spiro atoms. The van der Waals surface area contributed by atoms with Gasteiger partial charge in [-0.2, -0.15) is 0 Å². The van der Waals surface area contributed by atoms with Crippen molar-refractivity contribution in [2.24, 2.45) is 11.8 Å². The zero-order valence-corrected chi connectivity index (χ0v) is 12.9. The van der Waals surface area contributed by atoms with Crippen molar-refractivity contribution in [1.82, 2.24) is 4.90 Å². The van der Waals surface area contributed by atoms with Gasteiger partial charge < -0.3 is 4.90 Å². The van der Waals surface area contributed by atoms with Crippen LogP contribution in [0.5, 0.6) is 0 Å². The summed E-state index contributed by atoms with van der Waals surface area (Å²) < 4.78 is 0. The summed E-state index contributed by atoms with van der Waals surface area (Å²) in [6.45, 7) is 12.6. The number of rotatable bonds is 9. The Morgan fingerprint density at radius 3 is 2.12 bits per heavy atom. The van der Waals surface area contributed by atoms with Crippen LogP contribution in [0.15, 0.2) is 11.8 Å². The van der Waals surface area contributed by atoms with E-state index in [0.717, 1.165) is 11.8 Å². The van der Waals surface area contributed by atoms with E-state index < -0.39 is 0 Å². The van der Waals surface area contributed by atoms with Gasteiger partial charge in [-0.15, -0.1) is 0 Å². The molecule has 1 nitrogen and oxygen atoms in total. The van der Waals surface area contributed by atoms with E-state index in [0.29, 0.717) is 0 Å². The first-order valence-electron chi connectivity index (χ1n) is 7.33. The highest BCUT2D eigenvalue weighted by molar-refractivity contribution is 4.99. The first kappa shape index (κ1) is 16.5. The van der Waals surface area contributed by atoms with E-state index in [1.807, 2.05) is 0 Å². The van der Waals surface area contributed by atoms with Crippen LogP contribution in [0.3, 0.4) is 0 Å². The van der Waals surface area contributed by atoms with Gasteiger partial charge in [-0.05, 0) is 31.6 Å². The Morgan fingerprint density at radius 1 is 1.00 bits per heavy atom. The van der Waals surface area contributed by atoms with E-state index in [9.17, 15) is 0 Å². The molecule has 0 aromatic carbocycles. The molecular formula is C16H33N. The largest absolute Gasteiger partial charge is 0.378 e. The highest BCUT2D eigenvalue weighted by Crippen LogP contribution is 2.15. The van der Waals surface area contributed by atoms with Crippen LogP contribution in [-0.4, -0.2) is 18.5 Å². The van der Waals surface area contributed by atoms with Gasteiger partial charge in [-0.1, -0.05) is 53.0 Å². The first-order chi connectivity index (χ1) is 7.97. The summed E-state index contributed by atoms with van der Waals surface area (Å²) in [5.41, 5.74) is 1.50. The minimum absolute atomic E-state index is 0.754. The van der Waals surface area contributed by atoms with E-state index in [4.69, 9.17) is 0 Å². The first-order valence-corrected chi connectivity index (χ1v) is 7.33. The molecule has 0 aromatic rings. The Hall–Kier alpha value is -0.460. The Bertz CT molecular complexity index is 204. The second kappa shape index (κ2) is 9.56. The van der Waals surface area contributed by atoms with Crippen molar-refractivity contribution in [1.29, 1.82) is 0 Å². The fraction of sp³-hybridized carbons (Fsp3) is 0.875. The molecule has 0 saturated carbocycles. The maximum Gasteiger partial charge on any atom is 0.0171 e. The van der Waals surface area contributed by atoms with Crippen molar-refractivity contribution in [3.05, 3.63) is 11.8 Å². The van der Waals surface area contributed by atoms with E-state index in [2.05, 4.69) is 52.6 Å². The molecule has 17 heavy (non-hydrogen) atoms. The Labute approximate surface area is 109 Å². The molecule has 0 atom stereocenters. The maximum atomic E-state index is 2.44. The molecule has 0 amide bonds. The van der Waals surface area contributed by atoms with Crippen molar-refractivity contribution in [3.8, 4) is 0 Å². The van der Waals surface area contributed by atoms with E-state index in [-0.39, 0.29) is 0 Å². The second-order valence-corrected chi connectivity index (χ2v) is 6.04. The summed E-state index contributed by atoms with van der Waals surface area (Å²) in [5, 5.41) is 0. The zero-order chi connectivity index (χ0) is 13.3. The Balaban J connectivity index is 3.73. The van der Waals surface area contributed by atoms with Gasteiger partial charge in [-0.3, -0.25) is 0 Å². The van der Waals surface area contributed by atoms with Crippen molar-refractivity contribution in [3.63, 3.8) is 0 Å². The third kappa shape index (κ3) is 9.26. The molecule has 0 rings (SSSR count). The fourth-order valence-corrected chi connectivity index (χ4v) is 2.13. The highest BCUT2D eigenvalue weighted by atomic mass is 15.1. The third-order valence-electron chi connectivity index (χ3n) is 3.22. The summed E-state index contributed by atoms with van der Waals surface area (Å²) in [6, 6.07) is 0. The molecule has 0 radical (unpaired) electrons. The van der Waals surface area contributed by atoms with Gasteiger partial charge in [0.05, 0.1) is 0 Å². The standard InChI is InChI=1S/C16H33N/c1-7-16(13-15(4)5)17(6)12-10-8-9-11-14(2)3/h7,14-15H,8-13H2,1-6H3/b16-7-. The van der Waals surface area contributed by atoms with Crippen LogP contribution >= 0.6 is 0 Å². The van der Waals surface area contributed by atoms with Crippen LogP contribution in [0.4, 0.5) is 0 Å². The van der Waals surface area contributed by atoms with Crippen molar-refractivity contribution in [2.75, 3.05) is 13.6 Å². The minimum atomic E-state index is 0.754. The van der Waals surface area contributed by atoms with Gasteiger partial charge in [0.25, 0.3) is 0 Å². The lowest BCUT2D eigenvalue weighted by atomic mass is 10.0. The van der Waals surface area contributed by atoms with E-state index in [1.54, 1.807) is 0 Å². The number of unbranched alkanes of at least 4 members (excludes halogenated alkanes) is 2. The average molecular weight is 239 g/mol. The van der Waals surface area contributed by atoms with Crippen molar-refractivity contribution < 1.29 is 0 Å². The molecule has 0 aromatic heterocycles. The van der Waals surface area contributed by atoms with Crippen LogP contribution < -0.4 is 0 Å². The van der Waals surface area contributed by atoms with Gasteiger partial charge in [0.15, 0.2) is 0 Å². The van der Waals surface area contributed by atoms with Crippen molar-refractivity contribution in [2.45, 2.75) is 66.7 Å². The fourth-order valence-electron chi connectivity index (χ4n) is 2.13. The Kier molecular flexibility index (Phi) is 9.30. The third-order valence-corrected chi connectivity index (χ3v) is 3.22. The summed E-state index contributed by atoms with van der Waals surface area (Å²) >= 11 is 0. The molecule has 0 aliphatic rings. The Morgan fingerprint density at radius 2 is 1.65 bits per heavy atom. The molecule has 0 fully saturated rings. The van der Waals surface area contributed by atoms with Crippen LogP contribution in [0.25, 0.3) is 0 Å². The second-order valence-electron chi connectivity index (χ2n) is 6.04. The molecule has 0 bridgehead atoms. The normalized spacial score (nSPS) is 12.6. The lowest BCUT2D eigenvalue weighted by Crippen LogP contribution is -2.20. The van der Waals surface area contributed by atoms with Gasteiger partial charge in [0.1, 0.15) is 0 Å². The average Bonchev–Trinajstić information content (AvgIpc) is 2.24. The van der Waals surface area contributed by atoms with Crippen LogP contribution in [0.2, 0.25) is 0 Å². The van der Waals surface area contributed by atoms with E-state index >= 15 is 0 Å². The van der Waals surface area contributed by atoms with Gasteiger partial charge in [-0.25, -0.2) is 0 Å². The predicted molar refractivity (Wildman–Crippen MR) is 79.1 cm³/mol. The van der Waals surface area contributed by atoms with Gasteiger partial charge in [0.2, 0.25) is 0 Å². The topological polar surface area (TPSA) is 3.24 Å². The zero-order valence-electron chi connectivity index (χ0n) is 12.9. The lowest BCUT2D eigenvalue weighted by molar-refractivity contribution is 0.366. The molecule has 0 aliphatic carbocycles. The number of hydrogen-bond acceptors (Lipinski definition) is 1. The lowest BCUT2D eigenvalue weighted by Gasteiger charge is -2.24. The summed E-state index contributed by atoms with van der Waals surface area (Å²) in [4.78, 5) is 2.44. The van der Waals surface area contributed by atoms with Gasteiger partial charge in [0, 0.05) is 19.3 Å². The number of allylic oxidation sites excluding steroid dienone is 2. The minimum Gasteiger partial charge on any atom is -0.378 e. The quantitative estimate of drug-likeness (QED) is 0.507. The highest BCUT2D eigenvalue weighted by Gasteiger charge is 2.05. The van der Waals surface area contributed by atoms with Crippen molar-refractivity contribution >= 4 is 0 Å². The molecule has 1 heteroatoms. The molecule has 102 valence electrons. The molecule has 0 saturated heterocycles. The molecule has 0 N–H and O–H groups in total.